The second-order valence-electron chi connectivity index (χ2n) is 5.65. The summed E-state index contributed by atoms with van der Waals surface area (Å²) in [6, 6.07) is 6.60. The highest BCUT2D eigenvalue weighted by molar-refractivity contribution is 5.50. The summed E-state index contributed by atoms with van der Waals surface area (Å²) in [7, 11) is 1.69. The first kappa shape index (κ1) is 11.8. The largest absolute Gasteiger partial charge is 0.497 e. The maximum atomic E-state index is 6.02. The zero-order valence-corrected chi connectivity index (χ0v) is 11.0. The van der Waals surface area contributed by atoms with Crippen LogP contribution in [0.4, 0.5) is 5.69 Å². The molecule has 3 nitrogen and oxygen atoms in total. The molecule has 0 heterocycles. The summed E-state index contributed by atoms with van der Waals surface area (Å²) >= 11 is 0. The van der Waals surface area contributed by atoms with E-state index in [4.69, 9.17) is 10.5 Å². The molecule has 2 aliphatic carbocycles. The highest BCUT2D eigenvalue weighted by atomic mass is 16.5. The van der Waals surface area contributed by atoms with Crippen LogP contribution in [0.3, 0.4) is 0 Å². The molecule has 98 valence electrons. The van der Waals surface area contributed by atoms with Gasteiger partial charge in [-0.25, -0.2) is 0 Å². The van der Waals surface area contributed by atoms with E-state index in [9.17, 15) is 0 Å². The Morgan fingerprint density at radius 3 is 2.50 bits per heavy atom. The van der Waals surface area contributed by atoms with Crippen LogP contribution in [0.25, 0.3) is 0 Å². The molecule has 1 aromatic rings. The van der Waals surface area contributed by atoms with Crippen LogP contribution in [0.2, 0.25) is 0 Å². The topological polar surface area (TPSA) is 47.3 Å². The Bertz CT molecular complexity index is 413. The van der Waals surface area contributed by atoms with Crippen molar-refractivity contribution in [1.29, 1.82) is 0 Å². The van der Waals surface area contributed by atoms with E-state index in [-0.39, 0.29) is 0 Å². The lowest BCUT2D eigenvalue weighted by Gasteiger charge is -2.18. The SMILES string of the molecule is COc1ccc(N)c(CNC(C2CC2)C2CC2)c1. The Hall–Kier alpha value is -1.22. The van der Waals surface area contributed by atoms with E-state index in [0.717, 1.165) is 41.4 Å². The van der Waals surface area contributed by atoms with Crippen LogP contribution in [-0.4, -0.2) is 13.2 Å². The van der Waals surface area contributed by atoms with Gasteiger partial charge in [-0.1, -0.05) is 0 Å². The number of ether oxygens (including phenoxy) is 1. The van der Waals surface area contributed by atoms with Crippen molar-refractivity contribution in [2.24, 2.45) is 11.8 Å². The molecule has 18 heavy (non-hydrogen) atoms. The van der Waals surface area contributed by atoms with Crippen LogP contribution in [0.15, 0.2) is 18.2 Å². The molecule has 0 unspecified atom stereocenters. The van der Waals surface area contributed by atoms with Crippen LogP contribution < -0.4 is 15.8 Å². The molecule has 2 fully saturated rings. The number of nitrogens with one attached hydrogen (secondary N) is 1. The number of methoxy groups -OCH3 is 1. The molecule has 2 aliphatic rings. The van der Waals surface area contributed by atoms with Crippen molar-refractivity contribution < 1.29 is 4.74 Å². The molecule has 2 saturated carbocycles. The molecular formula is C15H22N2O. The molecule has 3 N–H and O–H groups in total. The van der Waals surface area contributed by atoms with Gasteiger partial charge in [-0.15, -0.1) is 0 Å². The molecule has 0 aromatic heterocycles. The van der Waals surface area contributed by atoms with Crippen LogP contribution >= 0.6 is 0 Å². The fourth-order valence-electron chi connectivity index (χ4n) is 2.72. The summed E-state index contributed by atoms with van der Waals surface area (Å²) in [5.41, 5.74) is 8.03. The minimum Gasteiger partial charge on any atom is -0.497 e. The first-order chi connectivity index (χ1) is 8.78. The number of rotatable bonds is 6. The smallest absolute Gasteiger partial charge is 0.119 e. The fraction of sp³-hybridized carbons (Fsp3) is 0.600. The molecule has 0 aliphatic heterocycles. The van der Waals surface area contributed by atoms with Gasteiger partial charge in [-0.2, -0.15) is 0 Å². The number of hydrogen-bond acceptors (Lipinski definition) is 3. The maximum absolute atomic E-state index is 6.02. The van der Waals surface area contributed by atoms with Crippen molar-refractivity contribution in [1.82, 2.24) is 5.32 Å². The molecule has 0 spiro atoms. The molecule has 3 heteroatoms. The highest BCUT2D eigenvalue weighted by Crippen LogP contribution is 2.44. The maximum Gasteiger partial charge on any atom is 0.119 e. The summed E-state index contributed by atoms with van der Waals surface area (Å²) < 4.78 is 5.25. The quantitative estimate of drug-likeness (QED) is 0.758. The zero-order chi connectivity index (χ0) is 12.5. The van der Waals surface area contributed by atoms with E-state index in [2.05, 4.69) is 5.32 Å². The molecule has 0 amide bonds. The van der Waals surface area contributed by atoms with E-state index in [0.29, 0.717) is 0 Å². The summed E-state index contributed by atoms with van der Waals surface area (Å²) in [6.07, 6.45) is 5.62. The predicted molar refractivity (Wildman–Crippen MR) is 73.5 cm³/mol. The molecule has 0 saturated heterocycles. The average molecular weight is 246 g/mol. The molecule has 0 atom stereocenters. The second kappa shape index (κ2) is 4.81. The van der Waals surface area contributed by atoms with Crippen LogP contribution in [0.5, 0.6) is 5.75 Å². The van der Waals surface area contributed by atoms with E-state index in [1.54, 1.807) is 7.11 Å². The monoisotopic (exact) mass is 246 g/mol. The summed E-state index contributed by atoms with van der Waals surface area (Å²) in [6.45, 7) is 0.862. The van der Waals surface area contributed by atoms with Gasteiger partial charge in [0.2, 0.25) is 0 Å². The first-order valence-electron chi connectivity index (χ1n) is 6.93. The number of anilines is 1. The lowest BCUT2D eigenvalue weighted by molar-refractivity contribution is 0.408. The van der Waals surface area contributed by atoms with Gasteiger partial charge in [0.25, 0.3) is 0 Å². The van der Waals surface area contributed by atoms with Crippen LogP contribution in [0.1, 0.15) is 31.2 Å². The summed E-state index contributed by atoms with van der Waals surface area (Å²) in [4.78, 5) is 0. The molecular weight excluding hydrogens is 224 g/mol. The lowest BCUT2D eigenvalue weighted by atomic mass is 10.1. The third kappa shape index (κ3) is 2.61. The number of hydrogen-bond donors (Lipinski definition) is 2. The minimum atomic E-state index is 0.718. The second-order valence-corrected chi connectivity index (χ2v) is 5.65. The van der Waals surface area contributed by atoms with Crippen molar-refractivity contribution in [3.63, 3.8) is 0 Å². The van der Waals surface area contributed by atoms with Crippen molar-refractivity contribution in [2.45, 2.75) is 38.3 Å². The van der Waals surface area contributed by atoms with E-state index >= 15 is 0 Å². The Labute approximate surface area is 109 Å². The predicted octanol–water partition coefficient (Wildman–Crippen LogP) is 2.56. The van der Waals surface area contributed by atoms with Gasteiger partial charge in [-0.05, 0) is 61.3 Å². The van der Waals surface area contributed by atoms with E-state index < -0.39 is 0 Å². The molecule has 0 bridgehead atoms. The van der Waals surface area contributed by atoms with Crippen LogP contribution in [-0.2, 0) is 6.54 Å². The van der Waals surface area contributed by atoms with Gasteiger partial charge in [0.1, 0.15) is 5.75 Å². The summed E-state index contributed by atoms with van der Waals surface area (Å²) in [5, 5.41) is 3.72. The Morgan fingerprint density at radius 2 is 1.94 bits per heavy atom. The van der Waals surface area contributed by atoms with Crippen LogP contribution in [0, 0.1) is 11.8 Å². The third-order valence-corrected chi connectivity index (χ3v) is 4.14. The van der Waals surface area contributed by atoms with Gasteiger partial charge in [0.15, 0.2) is 0 Å². The van der Waals surface area contributed by atoms with Gasteiger partial charge in [0.05, 0.1) is 7.11 Å². The highest BCUT2D eigenvalue weighted by Gasteiger charge is 2.40. The van der Waals surface area contributed by atoms with Gasteiger partial charge < -0.3 is 15.8 Å². The normalized spacial score (nSPS) is 19.2. The lowest BCUT2D eigenvalue weighted by Crippen LogP contribution is -2.32. The van der Waals surface area contributed by atoms with Gasteiger partial charge >= 0.3 is 0 Å². The van der Waals surface area contributed by atoms with Crippen molar-refractivity contribution >= 4 is 5.69 Å². The van der Waals surface area contributed by atoms with Crippen molar-refractivity contribution in [2.75, 3.05) is 12.8 Å². The minimum absolute atomic E-state index is 0.718. The Kier molecular flexibility index (Phi) is 3.16. The number of benzene rings is 1. The van der Waals surface area contributed by atoms with Gasteiger partial charge in [0, 0.05) is 18.3 Å². The van der Waals surface area contributed by atoms with Crippen molar-refractivity contribution in [3.8, 4) is 5.75 Å². The standard InChI is InChI=1S/C15H22N2O/c1-18-13-6-7-14(16)12(8-13)9-17-15(10-2-3-10)11-4-5-11/h6-8,10-11,15,17H,2-5,9,16H2,1H3. The van der Waals surface area contributed by atoms with Crippen molar-refractivity contribution in [3.05, 3.63) is 23.8 Å². The third-order valence-electron chi connectivity index (χ3n) is 4.14. The van der Waals surface area contributed by atoms with Gasteiger partial charge in [-0.3, -0.25) is 0 Å². The zero-order valence-electron chi connectivity index (χ0n) is 11.0. The average Bonchev–Trinajstić information content (AvgIpc) is 3.25. The molecule has 1 aromatic carbocycles. The summed E-state index contributed by atoms with van der Waals surface area (Å²) in [5.74, 6) is 2.73. The fourth-order valence-corrected chi connectivity index (χ4v) is 2.72. The number of nitrogens with two attached hydrogens (primary N) is 1. The van der Waals surface area contributed by atoms with E-state index in [1.807, 2.05) is 18.2 Å². The molecule has 0 radical (unpaired) electrons. The molecule has 3 rings (SSSR count). The first-order valence-corrected chi connectivity index (χ1v) is 6.93. The number of nitrogen functional groups attached to an aromatic ring is 1. The van der Waals surface area contributed by atoms with E-state index in [1.165, 1.54) is 25.7 Å². The Balaban J connectivity index is 1.64. The Morgan fingerprint density at radius 1 is 1.28 bits per heavy atom.